The van der Waals surface area contributed by atoms with Crippen molar-refractivity contribution in [1.29, 1.82) is 0 Å². The SMILES string of the molecule is CC(C)(CCC(N)=O)c1ccc([N+](=O)[O-])cc1. The second-order valence-corrected chi connectivity index (χ2v) is 4.65. The molecule has 0 heterocycles. The number of non-ortho nitro benzene ring substituents is 1. The van der Waals surface area contributed by atoms with Gasteiger partial charge in [-0.05, 0) is 17.4 Å². The van der Waals surface area contributed by atoms with Crippen LogP contribution in [0.1, 0.15) is 32.3 Å². The number of amides is 1. The standard InChI is InChI=1S/C12H16N2O3/c1-12(2,8-7-11(13)15)9-3-5-10(6-4-9)14(16)17/h3-6H,7-8H2,1-2H3,(H2,13,15). The van der Waals surface area contributed by atoms with E-state index in [9.17, 15) is 14.9 Å². The Morgan fingerprint density at radius 3 is 2.29 bits per heavy atom. The second-order valence-electron chi connectivity index (χ2n) is 4.65. The van der Waals surface area contributed by atoms with E-state index in [-0.39, 0.29) is 17.0 Å². The van der Waals surface area contributed by atoms with Crippen LogP contribution in [-0.2, 0) is 10.2 Å². The number of primary amides is 1. The van der Waals surface area contributed by atoms with E-state index in [0.29, 0.717) is 12.8 Å². The number of carbonyl (C=O) groups excluding carboxylic acids is 1. The minimum atomic E-state index is -0.430. The van der Waals surface area contributed by atoms with Crippen molar-refractivity contribution in [2.75, 3.05) is 0 Å². The van der Waals surface area contributed by atoms with Crippen LogP contribution >= 0.6 is 0 Å². The zero-order chi connectivity index (χ0) is 13.1. The highest BCUT2D eigenvalue weighted by Crippen LogP contribution is 2.29. The minimum Gasteiger partial charge on any atom is -0.370 e. The molecule has 0 atom stereocenters. The molecule has 0 fully saturated rings. The van der Waals surface area contributed by atoms with Crippen LogP contribution in [0, 0.1) is 10.1 Å². The summed E-state index contributed by atoms with van der Waals surface area (Å²) in [5, 5.41) is 10.5. The molecule has 0 aliphatic carbocycles. The molecule has 1 aromatic rings. The quantitative estimate of drug-likeness (QED) is 0.627. The fourth-order valence-corrected chi connectivity index (χ4v) is 1.61. The molecule has 5 heteroatoms. The number of benzene rings is 1. The summed E-state index contributed by atoms with van der Waals surface area (Å²) in [5.41, 5.74) is 5.93. The first-order valence-electron chi connectivity index (χ1n) is 5.36. The van der Waals surface area contributed by atoms with Crippen molar-refractivity contribution in [3.05, 3.63) is 39.9 Å². The molecular weight excluding hydrogens is 220 g/mol. The van der Waals surface area contributed by atoms with E-state index >= 15 is 0 Å². The van der Waals surface area contributed by atoms with Gasteiger partial charge in [-0.2, -0.15) is 0 Å². The summed E-state index contributed by atoms with van der Waals surface area (Å²) in [4.78, 5) is 20.8. The smallest absolute Gasteiger partial charge is 0.269 e. The van der Waals surface area contributed by atoms with E-state index < -0.39 is 4.92 Å². The van der Waals surface area contributed by atoms with E-state index in [1.165, 1.54) is 12.1 Å². The molecule has 2 N–H and O–H groups in total. The molecule has 5 nitrogen and oxygen atoms in total. The van der Waals surface area contributed by atoms with Gasteiger partial charge in [-0.3, -0.25) is 14.9 Å². The average molecular weight is 236 g/mol. The number of nitro groups is 1. The summed E-state index contributed by atoms with van der Waals surface area (Å²) in [6, 6.07) is 6.39. The van der Waals surface area contributed by atoms with Crippen LogP contribution in [0.2, 0.25) is 0 Å². The second kappa shape index (κ2) is 4.95. The first kappa shape index (κ1) is 13.2. The molecular formula is C12H16N2O3. The monoisotopic (exact) mass is 236 g/mol. The molecule has 92 valence electrons. The van der Waals surface area contributed by atoms with E-state index in [0.717, 1.165) is 5.56 Å². The van der Waals surface area contributed by atoms with Crippen LogP contribution in [-0.4, -0.2) is 10.8 Å². The fourth-order valence-electron chi connectivity index (χ4n) is 1.61. The lowest BCUT2D eigenvalue weighted by Crippen LogP contribution is -2.21. The molecule has 0 radical (unpaired) electrons. The Balaban J connectivity index is 2.84. The third-order valence-electron chi connectivity index (χ3n) is 2.86. The molecule has 0 bridgehead atoms. The lowest BCUT2D eigenvalue weighted by atomic mass is 9.80. The molecule has 0 saturated carbocycles. The van der Waals surface area contributed by atoms with E-state index in [4.69, 9.17) is 5.73 Å². The Kier molecular flexibility index (Phi) is 3.83. The summed E-state index contributed by atoms with van der Waals surface area (Å²) < 4.78 is 0. The predicted octanol–water partition coefficient (Wildman–Crippen LogP) is 2.14. The third kappa shape index (κ3) is 3.55. The van der Waals surface area contributed by atoms with E-state index in [1.807, 2.05) is 13.8 Å². The Hall–Kier alpha value is -1.91. The molecule has 1 rings (SSSR count). The number of rotatable bonds is 5. The van der Waals surface area contributed by atoms with Crippen LogP contribution in [0.5, 0.6) is 0 Å². The van der Waals surface area contributed by atoms with E-state index in [2.05, 4.69) is 0 Å². The average Bonchev–Trinajstić information content (AvgIpc) is 2.27. The van der Waals surface area contributed by atoms with Gasteiger partial charge in [0.05, 0.1) is 4.92 Å². The lowest BCUT2D eigenvalue weighted by Gasteiger charge is -2.24. The summed E-state index contributed by atoms with van der Waals surface area (Å²) in [5.74, 6) is -0.333. The first-order valence-corrected chi connectivity index (χ1v) is 5.36. The van der Waals surface area contributed by atoms with Gasteiger partial charge in [-0.15, -0.1) is 0 Å². The van der Waals surface area contributed by atoms with Gasteiger partial charge in [-0.25, -0.2) is 0 Å². The predicted molar refractivity (Wildman–Crippen MR) is 64.6 cm³/mol. The van der Waals surface area contributed by atoms with Crippen LogP contribution in [0.4, 0.5) is 5.69 Å². The molecule has 0 spiro atoms. The fraction of sp³-hybridized carbons (Fsp3) is 0.417. The normalized spacial score (nSPS) is 11.2. The Labute approximate surface area is 99.8 Å². The number of carbonyl (C=O) groups is 1. The maximum atomic E-state index is 10.8. The molecule has 0 saturated heterocycles. The van der Waals surface area contributed by atoms with Crippen molar-refractivity contribution in [2.45, 2.75) is 32.1 Å². The minimum absolute atomic E-state index is 0.0689. The topological polar surface area (TPSA) is 86.2 Å². The third-order valence-corrected chi connectivity index (χ3v) is 2.86. The molecule has 0 aromatic heterocycles. The van der Waals surface area contributed by atoms with Gasteiger partial charge in [-0.1, -0.05) is 26.0 Å². The first-order chi connectivity index (χ1) is 7.83. The van der Waals surface area contributed by atoms with Gasteiger partial charge < -0.3 is 5.73 Å². The number of nitrogens with two attached hydrogens (primary N) is 1. The van der Waals surface area contributed by atoms with Crippen LogP contribution in [0.25, 0.3) is 0 Å². The van der Waals surface area contributed by atoms with Crippen molar-refractivity contribution in [3.8, 4) is 0 Å². The van der Waals surface area contributed by atoms with Crippen molar-refractivity contribution >= 4 is 11.6 Å². The summed E-state index contributed by atoms with van der Waals surface area (Å²) >= 11 is 0. The van der Waals surface area contributed by atoms with Gasteiger partial charge in [0.15, 0.2) is 0 Å². The number of nitrogens with zero attached hydrogens (tertiary/aromatic N) is 1. The van der Waals surface area contributed by atoms with Crippen LogP contribution < -0.4 is 5.73 Å². The van der Waals surface area contributed by atoms with Gasteiger partial charge in [0.25, 0.3) is 5.69 Å². The zero-order valence-corrected chi connectivity index (χ0v) is 9.97. The van der Waals surface area contributed by atoms with Crippen molar-refractivity contribution < 1.29 is 9.72 Å². The summed E-state index contributed by atoms with van der Waals surface area (Å²) in [6.45, 7) is 3.97. The molecule has 17 heavy (non-hydrogen) atoms. The number of nitro benzene ring substituents is 1. The van der Waals surface area contributed by atoms with Crippen LogP contribution in [0.15, 0.2) is 24.3 Å². The van der Waals surface area contributed by atoms with Gasteiger partial charge in [0.1, 0.15) is 0 Å². The molecule has 0 aliphatic heterocycles. The Morgan fingerprint density at radius 1 is 1.35 bits per heavy atom. The largest absolute Gasteiger partial charge is 0.370 e. The zero-order valence-electron chi connectivity index (χ0n) is 9.97. The Bertz CT molecular complexity index is 424. The summed E-state index contributed by atoms with van der Waals surface area (Å²) in [7, 11) is 0. The highest BCUT2D eigenvalue weighted by atomic mass is 16.6. The summed E-state index contributed by atoms with van der Waals surface area (Å²) in [6.07, 6.45) is 0.935. The van der Waals surface area contributed by atoms with Crippen molar-refractivity contribution in [3.63, 3.8) is 0 Å². The Morgan fingerprint density at radius 2 is 1.88 bits per heavy atom. The van der Waals surface area contributed by atoms with Gasteiger partial charge in [0, 0.05) is 18.6 Å². The number of hydrogen-bond donors (Lipinski definition) is 1. The highest BCUT2D eigenvalue weighted by molar-refractivity contribution is 5.73. The maximum absolute atomic E-state index is 10.8. The molecule has 0 aliphatic rings. The number of hydrogen-bond acceptors (Lipinski definition) is 3. The maximum Gasteiger partial charge on any atom is 0.269 e. The highest BCUT2D eigenvalue weighted by Gasteiger charge is 2.21. The van der Waals surface area contributed by atoms with Gasteiger partial charge >= 0.3 is 0 Å². The molecule has 1 aromatic carbocycles. The van der Waals surface area contributed by atoms with E-state index in [1.54, 1.807) is 12.1 Å². The molecule has 1 amide bonds. The lowest BCUT2D eigenvalue weighted by molar-refractivity contribution is -0.384. The van der Waals surface area contributed by atoms with Gasteiger partial charge in [0.2, 0.25) is 5.91 Å². The molecule has 0 unspecified atom stereocenters. The van der Waals surface area contributed by atoms with Crippen molar-refractivity contribution in [1.82, 2.24) is 0 Å². The van der Waals surface area contributed by atoms with Crippen molar-refractivity contribution in [2.24, 2.45) is 5.73 Å². The van der Waals surface area contributed by atoms with Crippen LogP contribution in [0.3, 0.4) is 0 Å².